The molecule has 0 amide bonds. The second kappa shape index (κ2) is 5.61. The van der Waals surface area contributed by atoms with Crippen molar-refractivity contribution in [2.24, 2.45) is 5.11 Å². The zero-order chi connectivity index (χ0) is 14.9. The fraction of sp³-hybridized carbons (Fsp3) is 0.556. The molecule has 0 aromatic carbocycles. The summed E-state index contributed by atoms with van der Waals surface area (Å²) in [6.45, 7) is -0.929. The number of aliphatic hydroxyl groups excluding tert-OH is 2. The van der Waals surface area contributed by atoms with E-state index in [-0.39, 0.29) is 0 Å². The van der Waals surface area contributed by atoms with Gasteiger partial charge in [0, 0.05) is 11.1 Å². The van der Waals surface area contributed by atoms with E-state index < -0.39 is 36.5 Å². The smallest absolute Gasteiger partial charge is 0.350 e. The van der Waals surface area contributed by atoms with Gasteiger partial charge in [0.15, 0.2) is 12.4 Å². The Labute approximate surface area is 124 Å². The van der Waals surface area contributed by atoms with Crippen LogP contribution in [-0.4, -0.2) is 44.4 Å². The van der Waals surface area contributed by atoms with E-state index in [9.17, 15) is 19.4 Å². The van der Waals surface area contributed by atoms with Gasteiger partial charge in [-0.15, -0.1) is 0 Å². The summed E-state index contributed by atoms with van der Waals surface area (Å²) in [7, 11) is 0. The van der Waals surface area contributed by atoms with E-state index in [1.165, 1.54) is 12.3 Å². The van der Waals surface area contributed by atoms with E-state index in [4.69, 9.17) is 10.3 Å². The average Bonchev–Trinajstić information content (AvgIpc) is 2.65. The maximum atomic E-state index is 14.1. The Morgan fingerprint density at radius 3 is 3.00 bits per heavy atom. The first-order valence-electron chi connectivity index (χ1n) is 5.37. The molecule has 1 fully saturated rings. The maximum Gasteiger partial charge on any atom is 0.350 e. The molecule has 1 aliphatic rings. The molecule has 11 heteroatoms. The van der Waals surface area contributed by atoms with E-state index in [0.29, 0.717) is 3.70 Å². The van der Waals surface area contributed by atoms with Crippen molar-refractivity contribution in [1.82, 2.24) is 9.55 Å². The molecule has 1 aromatic heterocycles. The normalized spacial score (nSPS) is 32.9. The minimum Gasteiger partial charge on any atom is -0.393 e. The van der Waals surface area contributed by atoms with Crippen LogP contribution in [-0.2, 0) is 4.74 Å². The van der Waals surface area contributed by atoms with Gasteiger partial charge >= 0.3 is 5.69 Å². The lowest BCUT2D eigenvalue weighted by Gasteiger charge is -2.23. The van der Waals surface area contributed by atoms with E-state index in [1.807, 2.05) is 22.6 Å². The van der Waals surface area contributed by atoms with Crippen LogP contribution < -0.4 is 5.69 Å². The Bertz CT molecular complexity index is 621. The molecule has 2 heterocycles. The van der Waals surface area contributed by atoms with Crippen molar-refractivity contribution in [2.75, 3.05) is 6.61 Å². The van der Waals surface area contributed by atoms with Crippen molar-refractivity contribution in [3.05, 3.63) is 36.9 Å². The number of alkyl halides is 1. The Kier molecular flexibility index (Phi) is 4.25. The molecule has 2 rings (SSSR count). The van der Waals surface area contributed by atoms with Gasteiger partial charge in [0.1, 0.15) is 9.80 Å². The van der Waals surface area contributed by atoms with Crippen molar-refractivity contribution >= 4 is 22.6 Å². The highest BCUT2D eigenvalue weighted by atomic mass is 127. The number of hydrogen-bond acceptors (Lipinski definition) is 6. The van der Waals surface area contributed by atoms with Crippen molar-refractivity contribution in [3.63, 3.8) is 0 Å². The summed E-state index contributed by atoms with van der Waals surface area (Å²) in [5.74, 6) is 0. The molecule has 0 radical (unpaired) electrons. The summed E-state index contributed by atoms with van der Waals surface area (Å²) in [5.41, 5.74) is 5.48. The Hall–Kier alpha value is -1.27. The van der Waals surface area contributed by atoms with Crippen LogP contribution >= 0.6 is 22.6 Å². The first kappa shape index (κ1) is 15.1. The molecule has 0 spiro atoms. The van der Waals surface area contributed by atoms with Gasteiger partial charge in [-0.2, -0.15) is 4.98 Å². The maximum absolute atomic E-state index is 14.1. The van der Waals surface area contributed by atoms with Crippen LogP contribution in [0.3, 0.4) is 0 Å². The quantitative estimate of drug-likeness (QED) is 0.245. The molecule has 108 valence electrons. The van der Waals surface area contributed by atoms with E-state index in [2.05, 4.69) is 15.0 Å². The SMILES string of the molecule is [N-]=[N+]=NC1(CO)OC(n2ccc(I)nc2=O)C(F)C1O. The third kappa shape index (κ3) is 2.38. The number of hydrogen-bond donors (Lipinski definition) is 2. The Balaban J connectivity index is 2.45. The molecule has 1 aliphatic heterocycles. The highest BCUT2D eigenvalue weighted by Crippen LogP contribution is 2.39. The lowest BCUT2D eigenvalue weighted by molar-refractivity contribution is -0.124. The number of halogens is 2. The second-order valence-corrected chi connectivity index (χ2v) is 5.14. The number of rotatable bonds is 3. The van der Waals surface area contributed by atoms with E-state index in [1.54, 1.807) is 0 Å². The van der Waals surface area contributed by atoms with Crippen molar-refractivity contribution in [1.29, 1.82) is 0 Å². The predicted molar refractivity (Wildman–Crippen MR) is 71.2 cm³/mol. The summed E-state index contributed by atoms with van der Waals surface area (Å²) < 4.78 is 20.4. The molecule has 0 bridgehead atoms. The Morgan fingerprint density at radius 2 is 2.45 bits per heavy atom. The van der Waals surface area contributed by atoms with Crippen LogP contribution in [0.25, 0.3) is 10.4 Å². The van der Waals surface area contributed by atoms with E-state index in [0.717, 1.165) is 4.57 Å². The molecule has 1 aromatic rings. The van der Waals surface area contributed by atoms with Crippen LogP contribution in [0.5, 0.6) is 0 Å². The Morgan fingerprint density at radius 1 is 1.75 bits per heavy atom. The number of aliphatic hydroxyl groups is 2. The first-order valence-corrected chi connectivity index (χ1v) is 6.45. The van der Waals surface area contributed by atoms with Crippen LogP contribution in [0.2, 0.25) is 0 Å². The summed E-state index contributed by atoms with van der Waals surface area (Å²) in [5, 5.41) is 22.1. The van der Waals surface area contributed by atoms with Crippen LogP contribution in [0.4, 0.5) is 4.39 Å². The largest absolute Gasteiger partial charge is 0.393 e. The number of azide groups is 1. The van der Waals surface area contributed by atoms with Crippen molar-refractivity contribution < 1.29 is 19.3 Å². The highest BCUT2D eigenvalue weighted by Gasteiger charge is 2.56. The topological polar surface area (TPSA) is 133 Å². The summed E-state index contributed by atoms with van der Waals surface area (Å²) in [6.07, 6.45) is -4.27. The molecule has 0 saturated carbocycles. The molecule has 9 nitrogen and oxygen atoms in total. The fourth-order valence-corrected chi connectivity index (χ4v) is 2.23. The molecular weight excluding hydrogens is 388 g/mol. The van der Waals surface area contributed by atoms with Gasteiger partial charge in [-0.05, 0) is 34.2 Å². The molecule has 4 unspecified atom stereocenters. The molecule has 2 N–H and O–H groups in total. The first-order chi connectivity index (χ1) is 9.45. The lowest BCUT2D eigenvalue weighted by Crippen LogP contribution is -2.43. The minimum atomic E-state index is -2.17. The monoisotopic (exact) mass is 397 g/mol. The van der Waals surface area contributed by atoms with Crippen LogP contribution in [0, 0.1) is 3.70 Å². The van der Waals surface area contributed by atoms with Crippen LogP contribution in [0.15, 0.2) is 22.2 Å². The number of ether oxygens (including phenoxy) is 1. The third-order valence-electron chi connectivity index (χ3n) is 2.87. The molecular formula is C9H9FIN5O4. The van der Waals surface area contributed by atoms with Crippen LogP contribution in [0.1, 0.15) is 6.23 Å². The zero-order valence-corrected chi connectivity index (χ0v) is 12.0. The van der Waals surface area contributed by atoms with Gasteiger partial charge in [0.05, 0.1) is 6.61 Å². The van der Waals surface area contributed by atoms with Gasteiger partial charge in [0.2, 0.25) is 5.72 Å². The molecule has 0 aliphatic carbocycles. The second-order valence-electron chi connectivity index (χ2n) is 4.03. The van der Waals surface area contributed by atoms with Gasteiger partial charge < -0.3 is 14.9 Å². The zero-order valence-electron chi connectivity index (χ0n) is 9.80. The van der Waals surface area contributed by atoms with Gasteiger partial charge in [0.25, 0.3) is 0 Å². The third-order valence-corrected chi connectivity index (χ3v) is 3.47. The summed E-state index contributed by atoms with van der Waals surface area (Å²) in [6, 6.07) is 1.44. The van der Waals surface area contributed by atoms with Gasteiger partial charge in [-0.3, -0.25) is 4.57 Å². The van der Waals surface area contributed by atoms with Crippen molar-refractivity contribution in [3.8, 4) is 0 Å². The average molecular weight is 397 g/mol. The summed E-state index contributed by atoms with van der Waals surface area (Å²) >= 11 is 1.81. The standard InChI is InChI=1S/C9H9FIN5O4/c10-5-6(18)9(3-17,14-15-12)20-7(5)16-2-1-4(11)13-8(16)19/h1-2,5-7,17-18H,3H2. The predicted octanol–water partition coefficient (Wildman–Crippen LogP) is 0.0746. The molecule has 4 atom stereocenters. The molecule has 20 heavy (non-hydrogen) atoms. The van der Waals surface area contributed by atoms with Crippen molar-refractivity contribution in [2.45, 2.75) is 24.2 Å². The fourth-order valence-electron chi connectivity index (χ4n) is 1.87. The summed E-state index contributed by atoms with van der Waals surface area (Å²) in [4.78, 5) is 17.7. The number of nitrogens with zero attached hydrogens (tertiary/aromatic N) is 5. The number of aromatic nitrogens is 2. The lowest BCUT2D eigenvalue weighted by atomic mass is 10.1. The minimum absolute atomic E-state index is 0.404. The van der Waals surface area contributed by atoms with Gasteiger partial charge in [-0.1, -0.05) is 5.11 Å². The van der Waals surface area contributed by atoms with Gasteiger partial charge in [-0.25, -0.2) is 9.18 Å². The van der Waals surface area contributed by atoms with E-state index >= 15 is 0 Å². The molecule has 1 saturated heterocycles. The highest BCUT2D eigenvalue weighted by molar-refractivity contribution is 14.1.